The van der Waals surface area contributed by atoms with Crippen molar-refractivity contribution in [1.82, 2.24) is 0 Å². The van der Waals surface area contributed by atoms with Gasteiger partial charge in [0, 0.05) is 5.71 Å². The zero-order valence-electron chi connectivity index (χ0n) is 5.22. The zero-order chi connectivity index (χ0) is 7.28. The minimum Gasteiger partial charge on any atom is -0.481 e. The van der Waals surface area contributed by atoms with E-state index in [4.69, 9.17) is 10.5 Å². The summed E-state index contributed by atoms with van der Waals surface area (Å²) in [6, 6.07) is 0. The Labute approximate surface area is 53.5 Å². The van der Waals surface area contributed by atoms with E-state index in [-0.39, 0.29) is 12.1 Å². The summed E-state index contributed by atoms with van der Waals surface area (Å²) in [5.74, 6) is -0.960. The van der Waals surface area contributed by atoms with Crippen LogP contribution in [0.15, 0.2) is 12.2 Å². The first-order chi connectivity index (χ1) is 4.16. The van der Waals surface area contributed by atoms with Crippen molar-refractivity contribution in [3.05, 3.63) is 12.2 Å². The van der Waals surface area contributed by atoms with Gasteiger partial charge in [0.05, 0.1) is 6.42 Å². The number of hydrogen-bond donors (Lipinski definition) is 2. The lowest BCUT2D eigenvalue weighted by molar-refractivity contribution is -0.135. The molecule has 0 unspecified atom stereocenters. The molecule has 0 aromatic heterocycles. The minimum absolute atomic E-state index is 0.130. The van der Waals surface area contributed by atoms with Gasteiger partial charge < -0.3 is 10.5 Å². The van der Waals surface area contributed by atoms with Crippen LogP contribution in [0.3, 0.4) is 0 Å². The summed E-state index contributed by atoms with van der Waals surface area (Å²) in [5.41, 5.74) is 0.130. The van der Waals surface area contributed by atoms with Gasteiger partial charge in [-0.15, -0.1) is 0 Å². The first kappa shape index (κ1) is 7.88. The molecule has 0 bridgehead atoms. The Balaban J connectivity index is 3.64. The van der Waals surface area contributed by atoms with Gasteiger partial charge in [0.25, 0.3) is 0 Å². The fraction of sp³-hybridized carbons (Fsp3) is 0.333. The van der Waals surface area contributed by atoms with Crippen LogP contribution in [-0.2, 0) is 4.79 Å². The molecular formula is C6H9NO2. The van der Waals surface area contributed by atoms with Crippen molar-refractivity contribution >= 4 is 11.7 Å². The fourth-order valence-electron chi connectivity index (χ4n) is 0.423. The molecule has 0 saturated carbocycles. The van der Waals surface area contributed by atoms with E-state index in [2.05, 4.69) is 0 Å². The van der Waals surface area contributed by atoms with Gasteiger partial charge in [-0.25, -0.2) is 0 Å². The molecule has 9 heavy (non-hydrogen) atoms. The Morgan fingerprint density at radius 1 is 1.78 bits per heavy atom. The molecule has 0 radical (unpaired) electrons. The second-order valence-electron chi connectivity index (χ2n) is 1.60. The van der Waals surface area contributed by atoms with Crippen LogP contribution in [-0.4, -0.2) is 16.8 Å². The Kier molecular flexibility index (Phi) is 3.35. The number of hydrogen-bond acceptors (Lipinski definition) is 2. The molecule has 0 fully saturated rings. The van der Waals surface area contributed by atoms with Gasteiger partial charge >= 0.3 is 5.97 Å². The van der Waals surface area contributed by atoms with E-state index in [1.807, 2.05) is 0 Å². The standard InChI is InChI=1S/C6H9NO2/c1-2-3-5(7)4-6(8)9/h2-3,7H,4H2,1H3,(H,8,9)/b3-2-,7-5?. The lowest BCUT2D eigenvalue weighted by Gasteiger charge is -1.88. The Bertz CT molecular complexity index is 149. The predicted octanol–water partition coefficient (Wildman–Crippen LogP) is 1.06. The Hall–Kier alpha value is -1.12. The molecule has 0 aliphatic heterocycles. The maximum absolute atomic E-state index is 9.91. The third-order valence-electron chi connectivity index (χ3n) is 0.710. The average Bonchev–Trinajstić information content (AvgIpc) is 1.63. The van der Waals surface area contributed by atoms with Crippen molar-refractivity contribution in [2.24, 2.45) is 0 Å². The number of aliphatic carboxylic acids is 1. The molecule has 0 spiro atoms. The average molecular weight is 127 g/mol. The van der Waals surface area contributed by atoms with Crippen LogP contribution < -0.4 is 0 Å². The van der Waals surface area contributed by atoms with Gasteiger partial charge in [0.1, 0.15) is 0 Å². The number of carboxylic acids is 1. The third kappa shape index (κ3) is 4.74. The smallest absolute Gasteiger partial charge is 0.309 e. The summed E-state index contributed by atoms with van der Waals surface area (Å²) in [6.07, 6.45) is 2.92. The normalized spacial score (nSPS) is 9.89. The molecule has 0 aromatic carbocycles. The first-order valence-corrected chi connectivity index (χ1v) is 2.58. The molecule has 0 amide bonds. The SMILES string of the molecule is C/C=C\C(=N)CC(=O)O. The van der Waals surface area contributed by atoms with Crippen molar-refractivity contribution in [3.63, 3.8) is 0 Å². The van der Waals surface area contributed by atoms with Crippen LogP contribution in [0.2, 0.25) is 0 Å². The highest BCUT2D eigenvalue weighted by molar-refractivity contribution is 6.03. The minimum atomic E-state index is -0.960. The third-order valence-corrected chi connectivity index (χ3v) is 0.710. The predicted molar refractivity (Wildman–Crippen MR) is 34.8 cm³/mol. The van der Waals surface area contributed by atoms with Crippen LogP contribution in [0.25, 0.3) is 0 Å². The Morgan fingerprint density at radius 2 is 2.33 bits per heavy atom. The highest BCUT2D eigenvalue weighted by Gasteiger charge is 1.97. The molecule has 3 heteroatoms. The number of carboxylic acid groups (broad SMARTS) is 1. The summed E-state index contributed by atoms with van der Waals surface area (Å²) in [5, 5.41) is 15.1. The van der Waals surface area contributed by atoms with E-state index >= 15 is 0 Å². The summed E-state index contributed by atoms with van der Waals surface area (Å²) in [6.45, 7) is 1.75. The molecule has 0 aliphatic rings. The lowest BCUT2D eigenvalue weighted by Crippen LogP contribution is -2.01. The molecule has 2 N–H and O–H groups in total. The second-order valence-corrected chi connectivity index (χ2v) is 1.60. The highest BCUT2D eigenvalue weighted by atomic mass is 16.4. The molecule has 50 valence electrons. The monoisotopic (exact) mass is 127 g/mol. The molecule has 0 heterocycles. The van der Waals surface area contributed by atoms with Gasteiger partial charge in [-0.1, -0.05) is 6.08 Å². The van der Waals surface area contributed by atoms with Crippen molar-refractivity contribution in [1.29, 1.82) is 5.41 Å². The Morgan fingerprint density at radius 3 is 2.67 bits per heavy atom. The van der Waals surface area contributed by atoms with Gasteiger partial charge in [-0.3, -0.25) is 4.79 Å². The van der Waals surface area contributed by atoms with Gasteiger partial charge in [-0.2, -0.15) is 0 Å². The van der Waals surface area contributed by atoms with E-state index < -0.39 is 5.97 Å². The van der Waals surface area contributed by atoms with E-state index in [1.165, 1.54) is 6.08 Å². The summed E-state index contributed by atoms with van der Waals surface area (Å²) in [4.78, 5) is 9.91. The number of nitrogens with one attached hydrogen (secondary N) is 1. The maximum atomic E-state index is 9.91. The van der Waals surface area contributed by atoms with Crippen molar-refractivity contribution in [2.75, 3.05) is 0 Å². The van der Waals surface area contributed by atoms with Crippen molar-refractivity contribution in [2.45, 2.75) is 13.3 Å². The van der Waals surface area contributed by atoms with Gasteiger partial charge in [0.2, 0.25) is 0 Å². The lowest BCUT2D eigenvalue weighted by atomic mass is 10.2. The first-order valence-electron chi connectivity index (χ1n) is 2.58. The molecule has 3 nitrogen and oxygen atoms in total. The molecule has 0 saturated heterocycles. The fourth-order valence-corrected chi connectivity index (χ4v) is 0.423. The number of carbonyl (C=O) groups is 1. The quantitative estimate of drug-likeness (QED) is 0.557. The van der Waals surface area contributed by atoms with Crippen LogP contribution in [0.1, 0.15) is 13.3 Å². The van der Waals surface area contributed by atoms with Gasteiger partial charge in [-0.05, 0) is 13.0 Å². The van der Waals surface area contributed by atoms with Crippen molar-refractivity contribution in [3.8, 4) is 0 Å². The zero-order valence-corrected chi connectivity index (χ0v) is 5.22. The van der Waals surface area contributed by atoms with Crippen molar-refractivity contribution < 1.29 is 9.90 Å². The molecule has 0 aromatic rings. The molecule has 0 aliphatic carbocycles. The van der Waals surface area contributed by atoms with Crippen LogP contribution >= 0.6 is 0 Å². The largest absolute Gasteiger partial charge is 0.481 e. The summed E-state index contributed by atoms with van der Waals surface area (Å²) in [7, 11) is 0. The number of allylic oxidation sites excluding steroid dienone is 2. The van der Waals surface area contributed by atoms with Crippen LogP contribution in [0.5, 0.6) is 0 Å². The van der Waals surface area contributed by atoms with E-state index in [0.29, 0.717) is 0 Å². The highest BCUT2D eigenvalue weighted by Crippen LogP contribution is 1.84. The molecular weight excluding hydrogens is 118 g/mol. The van der Waals surface area contributed by atoms with Crippen LogP contribution in [0, 0.1) is 5.41 Å². The summed E-state index contributed by atoms with van der Waals surface area (Å²) >= 11 is 0. The van der Waals surface area contributed by atoms with Crippen LogP contribution in [0.4, 0.5) is 0 Å². The maximum Gasteiger partial charge on any atom is 0.309 e. The van der Waals surface area contributed by atoms with Gasteiger partial charge in [0.15, 0.2) is 0 Å². The topological polar surface area (TPSA) is 61.2 Å². The summed E-state index contributed by atoms with van der Waals surface area (Å²) < 4.78 is 0. The molecule has 0 atom stereocenters. The number of rotatable bonds is 3. The van der Waals surface area contributed by atoms with E-state index in [9.17, 15) is 4.79 Å². The molecule has 0 rings (SSSR count). The van der Waals surface area contributed by atoms with E-state index in [1.54, 1.807) is 13.0 Å². The van der Waals surface area contributed by atoms with E-state index in [0.717, 1.165) is 0 Å². The second kappa shape index (κ2) is 3.83.